The Kier molecular flexibility index (Phi) is 5.49. The van der Waals surface area contributed by atoms with Crippen LogP contribution in [0, 0.1) is 11.3 Å². The van der Waals surface area contributed by atoms with Crippen molar-refractivity contribution < 1.29 is 17.6 Å². The quantitative estimate of drug-likeness (QED) is 0.695. The lowest BCUT2D eigenvalue weighted by molar-refractivity contribution is -0.137. The SMILES string of the molecule is N#Cc1cc(C(F)(F)F)ccc1CSC1=NC2(CC2)C(/C=C(\N)c2nnco2)=C(N)S1. The van der Waals surface area contributed by atoms with E-state index in [4.69, 9.17) is 20.9 Å². The maximum atomic E-state index is 12.9. The van der Waals surface area contributed by atoms with Gasteiger partial charge in [0.15, 0.2) is 0 Å². The van der Waals surface area contributed by atoms with Crippen molar-refractivity contribution in [2.45, 2.75) is 30.3 Å². The molecular weight excluding hydrogens is 449 g/mol. The summed E-state index contributed by atoms with van der Waals surface area (Å²) in [5, 5.41) is 17.2. The van der Waals surface area contributed by atoms with E-state index in [1.54, 1.807) is 6.08 Å². The van der Waals surface area contributed by atoms with E-state index in [2.05, 4.69) is 10.2 Å². The molecule has 0 unspecified atom stereocenters. The summed E-state index contributed by atoms with van der Waals surface area (Å²) in [4.78, 5) is 4.79. The van der Waals surface area contributed by atoms with Crippen LogP contribution in [0.3, 0.4) is 0 Å². The first-order chi connectivity index (χ1) is 14.7. The van der Waals surface area contributed by atoms with Gasteiger partial charge in [-0.2, -0.15) is 18.4 Å². The van der Waals surface area contributed by atoms with E-state index in [0.717, 1.165) is 30.5 Å². The van der Waals surface area contributed by atoms with Gasteiger partial charge in [-0.1, -0.05) is 17.8 Å². The van der Waals surface area contributed by atoms with Crippen LogP contribution in [0.2, 0.25) is 0 Å². The molecule has 1 aromatic heterocycles. The molecule has 7 nitrogen and oxygen atoms in total. The first kappa shape index (κ1) is 21.3. The van der Waals surface area contributed by atoms with Gasteiger partial charge in [-0.3, -0.25) is 4.99 Å². The molecule has 0 saturated heterocycles. The average Bonchev–Trinajstić information content (AvgIpc) is 3.25. The van der Waals surface area contributed by atoms with Crippen LogP contribution >= 0.6 is 23.5 Å². The Morgan fingerprint density at radius 2 is 2.16 bits per heavy atom. The highest BCUT2D eigenvalue weighted by Crippen LogP contribution is 2.53. The van der Waals surface area contributed by atoms with Crippen molar-refractivity contribution >= 4 is 33.6 Å². The van der Waals surface area contributed by atoms with Crippen LogP contribution in [0.1, 0.15) is 35.4 Å². The molecule has 160 valence electrons. The predicted octanol–water partition coefficient (Wildman–Crippen LogP) is 4.00. The number of hydrogen-bond donors (Lipinski definition) is 2. The lowest BCUT2D eigenvalue weighted by Crippen LogP contribution is -2.20. The number of thioether (sulfide) groups is 2. The van der Waals surface area contributed by atoms with Crippen LogP contribution in [0.15, 0.2) is 50.7 Å². The fourth-order valence-corrected chi connectivity index (χ4v) is 5.26. The van der Waals surface area contributed by atoms with Gasteiger partial charge in [0.05, 0.1) is 33.5 Å². The molecule has 1 saturated carbocycles. The van der Waals surface area contributed by atoms with Crippen LogP contribution in [0.5, 0.6) is 0 Å². The smallest absolute Gasteiger partial charge is 0.416 e. The largest absolute Gasteiger partial charge is 0.422 e. The van der Waals surface area contributed by atoms with E-state index in [9.17, 15) is 18.4 Å². The topological polar surface area (TPSA) is 127 Å². The number of nitrogens with two attached hydrogens (primary N) is 2. The highest BCUT2D eigenvalue weighted by Gasteiger charge is 2.49. The van der Waals surface area contributed by atoms with Crippen LogP contribution in [-0.2, 0) is 11.9 Å². The Bertz CT molecular complexity index is 1140. The van der Waals surface area contributed by atoms with E-state index in [1.165, 1.54) is 36.0 Å². The van der Waals surface area contributed by atoms with Gasteiger partial charge < -0.3 is 15.9 Å². The number of alkyl halides is 3. The highest BCUT2D eigenvalue weighted by molar-refractivity contribution is 8.40. The number of hydrogen-bond acceptors (Lipinski definition) is 9. The fraction of sp³-hybridized carbons (Fsp3) is 0.263. The van der Waals surface area contributed by atoms with Gasteiger partial charge in [0.1, 0.15) is 4.38 Å². The normalized spacial score (nSPS) is 18.1. The molecule has 4 N–H and O–H groups in total. The van der Waals surface area contributed by atoms with Crippen molar-refractivity contribution in [3.63, 3.8) is 0 Å². The molecule has 0 amide bonds. The van der Waals surface area contributed by atoms with Gasteiger partial charge in [0, 0.05) is 11.3 Å². The van der Waals surface area contributed by atoms with Crippen molar-refractivity contribution in [2.75, 3.05) is 0 Å². The third-order valence-corrected chi connectivity index (χ3v) is 6.91. The van der Waals surface area contributed by atoms with Crippen molar-refractivity contribution in [3.8, 4) is 6.07 Å². The number of nitrogens with zero attached hydrogens (tertiary/aromatic N) is 4. The third-order valence-electron chi connectivity index (χ3n) is 4.81. The summed E-state index contributed by atoms with van der Waals surface area (Å²) in [6.45, 7) is 0. The third kappa shape index (κ3) is 4.42. The molecule has 2 aromatic rings. The number of nitriles is 1. The van der Waals surface area contributed by atoms with Gasteiger partial charge in [-0.05, 0) is 48.4 Å². The zero-order valence-electron chi connectivity index (χ0n) is 15.8. The van der Waals surface area contributed by atoms with Gasteiger partial charge in [0.2, 0.25) is 6.39 Å². The molecule has 1 spiro atoms. The Hall–Kier alpha value is -2.91. The maximum Gasteiger partial charge on any atom is 0.416 e. The molecule has 0 radical (unpaired) electrons. The molecule has 31 heavy (non-hydrogen) atoms. The van der Waals surface area contributed by atoms with E-state index >= 15 is 0 Å². The minimum absolute atomic E-state index is 0.00987. The molecule has 0 atom stereocenters. The summed E-state index contributed by atoms with van der Waals surface area (Å²) < 4.78 is 44.4. The summed E-state index contributed by atoms with van der Waals surface area (Å²) in [6, 6.07) is 5.01. The van der Waals surface area contributed by atoms with Crippen molar-refractivity contribution in [1.29, 1.82) is 5.26 Å². The monoisotopic (exact) mass is 464 g/mol. The van der Waals surface area contributed by atoms with E-state index < -0.39 is 17.3 Å². The second kappa shape index (κ2) is 7.97. The van der Waals surface area contributed by atoms with Gasteiger partial charge in [-0.25, -0.2) is 0 Å². The molecule has 1 aliphatic carbocycles. The molecule has 0 bridgehead atoms. The summed E-state index contributed by atoms with van der Waals surface area (Å²) >= 11 is 2.59. The van der Waals surface area contributed by atoms with Crippen LogP contribution in [-0.4, -0.2) is 20.1 Å². The van der Waals surface area contributed by atoms with Gasteiger partial charge in [0.25, 0.3) is 5.89 Å². The molecule has 1 aromatic carbocycles. The van der Waals surface area contributed by atoms with Crippen molar-refractivity contribution in [1.82, 2.24) is 10.2 Å². The summed E-state index contributed by atoms with van der Waals surface area (Å²) in [7, 11) is 0. The number of rotatable bonds is 4. The Morgan fingerprint density at radius 1 is 1.39 bits per heavy atom. The minimum Gasteiger partial charge on any atom is -0.422 e. The molecule has 4 rings (SSSR count). The van der Waals surface area contributed by atoms with E-state index in [-0.39, 0.29) is 17.2 Å². The molecule has 12 heteroatoms. The molecule has 1 fully saturated rings. The van der Waals surface area contributed by atoms with E-state index in [1.807, 2.05) is 6.07 Å². The first-order valence-electron chi connectivity index (χ1n) is 8.96. The Balaban J connectivity index is 1.51. The second-order valence-corrected chi connectivity index (χ2v) is 9.16. The lowest BCUT2D eigenvalue weighted by atomic mass is 10.1. The highest BCUT2D eigenvalue weighted by atomic mass is 32.2. The summed E-state index contributed by atoms with van der Waals surface area (Å²) in [5.41, 5.74) is 12.6. The number of aromatic nitrogens is 2. The standard InChI is InChI=1S/C19H15F3N6OS2/c20-19(21,22)12-2-1-10(11(5-12)7-23)8-30-17-27-18(3-4-18)13(15(25)31-17)6-14(24)16-28-26-9-29-16/h1-2,5-6,9H,3-4,8,24-25H2/b14-6-. The predicted molar refractivity (Wildman–Crippen MR) is 112 cm³/mol. The number of halogens is 3. The van der Waals surface area contributed by atoms with Crippen LogP contribution in [0.4, 0.5) is 13.2 Å². The Morgan fingerprint density at radius 3 is 2.77 bits per heavy atom. The summed E-state index contributed by atoms with van der Waals surface area (Å²) in [5.74, 6) is 0.488. The van der Waals surface area contributed by atoms with Gasteiger partial charge >= 0.3 is 6.18 Å². The van der Waals surface area contributed by atoms with Crippen molar-refractivity contribution in [2.24, 2.45) is 16.5 Å². The fourth-order valence-electron chi connectivity index (χ4n) is 3.04. The van der Waals surface area contributed by atoms with E-state index in [0.29, 0.717) is 20.7 Å². The first-order valence-corrected chi connectivity index (χ1v) is 10.8. The Labute approximate surface area is 183 Å². The number of benzene rings is 1. The molecular formula is C19H15F3N6OS2. The van der Waals surface area contributed by atoms with Gasteiger partial charge in [-0.15, -0.1) is 10.2 Å². The average molecular weight is 464 g/mol. The maximum absolute atomic E-state index is 12.9. The molecule has 2 aliphatic rings. The molecule has 1 aliphatic heterocycles. The minimum atomic E-state index is -4.49. The zero-order chi connectivity index (χ0) is 22.2. The molecule has 2 heterocycles. The summed E-state index contributed by atoms with van der Waals surface area (Å²) in [6.07, 6.45) is -0.0292. The van der Waals surface area contributed by atoms with Crippen LogP contribution < -0.4 is 11.5 Å². The van der Waals surface area contributed by atoms with Crippen molar-refractivity contribution in [3.05, 3.63) is 63.9 Å². The number of aliphatic imine (C=N–C) groups is 1. The van der Waals surface area contributed by atoms with Crippen LogP contribution in [0.25, 0.3) is 5.70 Å². The zero-order valence-corrected chi connectivity index (χ0v) is 17.4. The second-order valence-electron chi connectivity index (χ2n) is 6.90. The lowest BCUT2D eigenvalue weighted by Gasteiger charge is -2.22.